The van der Waals surface area contributed by atoms with Gasteiger partial charge in [0, 0.05) is 29.8 Å². The van der Waals surface area contributed by atoms with E-state index in [-0.39, 0.29) is 12.0 Å². The predicted molar refractivity (Wildman–Crippen MR) is 85.8 cm³/mol. The molecule has 1 unspecified atom stereocenters. The molecule has 0 amide bonds. The van der Waals surface area contributed by atoms with Crippen LogP contribution in [-0.4, -0.2) is 24.4 Å². The van der Waals surface area contributed by atoms with E-state index in [0.29, 0.717) is 0 Å². The van der Waals surface area contributed by atoms with Gasteiger partial charge in [-0.15, -0.1) is 0 Å². The molecule has 1 aliphatic carbocycles. The maximum absolute atomic E-state index is 11.0. The van der Waals surface area contributed by atoms with Gasteiger partial charge < -0.3 is 9.67 Å². The third kappa shape index (κ3) is 1.65. The molecular formula is C18H18N4O. The van der Waals surface area contributed by atoms with Crippen molar-refractivity contribution in [3.05, 3.63) is 59.8 Å². The van der Waals surface area contributed by atoms with Gasteiger partial charge in [0.2, 0.25) is 0 Å². The average Bonchev–Trinajstić information content (AvgIpc) is 3.24. The number of aliphatic hydroxyl groups is 1. The zero-order chi connectivity index (χ0) is 15.6. The van der Waals surface area contributed by atoms with Crippen molar-refractivity contribution in [2.24, 2.45) is 13.0 Å². The first-order valence-electron chi connectivity index (χ1n) is 8.05. The molecule has 3 heterocycles. The van der Waals surface area contributed by atoms with Crippen molar-refractivity contribution in [3.63, 3.8) is 0 Å². The second-order valence-electron chi connectivity index (χ2n) is 6.54. The molecule has 3 atom stereocenters. The van der Waals surface area contributed by atoms with E-state index in [2.05, 4.69) is 38.9 Å². The second-order valence-corrected chi connectivity index (χ2v) is 6.54. The van der Waals surface area contributed by atoms with Crippen molar-refractivity contribution in [1.29, 1.82) is 0 Å². The lowest BCUT2D eigenvalue weighted by Gasteiger charge is -2.33. The molecule has 0 saturated heterocycles. The molecule has 1 aromatic carbocycles. The first-order chi connectivity index (χ1) is 11.3. The van der Waals surface area contributed by atoms with Crippen LogP contribution < -0.4 is 0 Å². The number of aliphatic hydroxyl groups excluding tert-OH is 1. The van der Waals surface area contributed by atoms with Crippen LogP contribution in [0.1, 0.15) is 35.4 Å². The quantitative estimate of drug-likeness (QED) is 0.751. The van der Waals surface area contributed by atoms with E-state index in [1.807, 2.05) is 30.5 Å². The van der Waals surface area contributed by atoms with Crippen LogP contribution in [0.25, 0.3) is 11.3 Å². The summed E-state index contributed by atoms with van der Waals surface area (Å²) in [7, 11) is 1.95. The number of benzene rings is 1. The van der Waals surface area contributed by atoms with Crippen molar-refractivity contribution >= 4 is 0 Å². The molecule has 5 nitrogen and oxygen atoms in total. The van der Waals surface area contributed by atoms with Crippen molar-refractivity contribution in [3.8, 4) is 11.3 Å². The zero-order valence-electron chi connectivity index (χ0n) is 12.9. The summed E-state index contributed by atoms with van der Waals surface area (Å²) in [5.74, 6) is 0.142. The van der Waals surface area contributed by atoms with E-state index in [1.54, 1.807) is 0 Å². The fourth-order valence-corrected chi connectivity index (χ4v) is 4.37. The van der Waals surface area contributed by atoms with Gasteiger partial charge in [0.1, 0.15) is 0 Å². The SMILES string of the molecule is Cn1ncc2c1CC[C@@H](C1c3ccccc3-c3cncn31)[C@H]2O. The van der Waals surface area contributed by atoms with Crippen LogP contribution in [0.4, 0.5) is 0 Å². The molecule has 23 heavy (non-hydrogen) atoms. The number of nitrogens with zero attached hydrogens (tertiary/aromatic N) is 4. The molecule has 0 fully saturated rings. The second kappa shape index (κ2) is 4.55. The first kappa shape index (κ1) is 13.1. The molecule has 3 aromatic rings. The van der Waals surface area contributed by atoms with Crippen molar-refractivity contribution in [2.75, 3.05) is 0 Å². The largest absolute Gasteiger partial charge is 0.388 e. The highest BCUT2D eigenvalue weighted by molar-refractivity contribution is 5.69. The number of aryl methyl sites for hydroxylation is 1. The molecule has 2 aromatic heterocycles. The molecule has 5 rings (SSSR count). The summed E-state index contributed by atoms with van der Waals surface area (Å²) in [5.41, 5.74) is 5.82. The Hall–Kier alpha value is -2.40. The van der Waals surface area contributed by atoms with Gasteiger partial charge in [0.15, 0.2) is 0 Å². The van der Waals surface area contributed by atoms with Gasteiger partial charge in [0.05, 0.1) is 36.6 Å². The maximum Gasteiger partial charge on any atom is 0.0956 e. The fraction of sp³-hybridized carbons (Fsp3) is 0.333. The van der Waals surface area contributed by atoms with Crippen LogP contribution in [0.5, 0.6) is 0 Å². The molecule has 1 aliphatic heterocycles. The van der Waals surface area contributed by atoms with Gasteiger partial charge in [-0.1, -0.05) is 24.3 Å². The molecule has 1 N–H and O–H groups in total. The lowest BCUT2D eigenvalue weighted by atomic mass is 9.78. The number of rotatable bonds is 1. The van der Waals surface area contributed by atoms with Gasteiger partial charge in [-0.2, -0.15) is 5.10 Å². The molecular weight excluding hydrogens is 288 g/mol. The van der Waals surface area contributed by atoms with Gasteiger partial charge in [-0.05, 0) is 18.4 Å². The molecule has 116 valence electrons. The summed E-state index contributed by atoms with van der Waals surface area (Å²) < 4.78 is 4.11. The van der Waals surface area contributed by atoms with Crippen LogP contribution >= 0.6 is 0 Å². The van der Waals surface area contributed by atoms with Crippen LogP contribution in [-0.2, 0) is 13.5 Å². The number of imidazole rings is 1. The highest BCUT2D eigenvalue weighted by atomic mass is 16.3. The lowest BCUT2D eigenvalue weighted by Crippen LogP contribution is -2.28. The molecule has 2 aliphatic rings. The number of hydrogen-bond acceptors (Lipinski definition) is 3. The van der Waals surface area contributed by atoms with Crippen LogP contribution in [0.3, 0.4) is 0 Å². The Morgan fingerprint density at radius 2 is 2.04 bits per heavy atom. The third-order valence-corrected chi connectivity index (χ3v) is 5.46. The van der Waals surface area contributed by atoms with E-state index in [0.717, 1.165) is 29.8 Å². The van der Waals surface area contributed by atoms with E-state index < -0.39 is 6.10 Å². The minimum atomic E-state index is -0.487. The van der Waals surface area contributed by atoms with E-state index in [1.165, 1.54) is 11.1 Å². The third-order valence-electron chi connectivity index (χ3n) is 5.46. The van der Waals surface area contributed by atoms with Gasteiger partial charge in [-0.3, -0.25) is 4.68 Å². The minimum absolute atomic E-state index is 0.142. The Labute approximate surface area is 134 Å². The summed E-state index contributed by atoms with van der Waals surface area (Å²) in [6.07, 6.45) is 7.05. The van der Waals surface area contributed by atoms with E-state index >= 15 is 0 Å². The van der Waals surface area contributed by atoms with Crippen LogP contribution in [0.15, 0.2) is 43.0 Å². The molecule has 0 saturated carbocycles. The zero-order valence-corrected chi connectivity index (χ0v) is 12.9. The van der Waals surface area contributed by atoms with Crippen molar-refractivity contribution in [2.45, 2.75) is 25.0 Å². The maximum atomic E-state index is 11.0. The molecule has 0 radical (unpaired) electrons. The van der Waals surface area contributed by atoms with E-state index in [4.69, 9.17) is 0 Å². The lowest BCUT2D eigenvalue weighted by molar-refractivity contribution is 0.0713. The summed E-state index contributed by atoms with van der Waals surface area (Å²) in [6, 6.07) is 8.62. The van der Waals surface area contributed by atoms with Gasteiger partial charge in [0.25, 0.3) is 0 Å². The first-order valence-corrected chi connectivity index (χ1v) is 8.05. The van der Waals surface area contributed by atoms with Gasteiger partial charge >= 0.3 is 0 Å². The topological polar surface area (TPSA) is 55.9 Å². The molecule has 5 heteroatoms. The summed E-state index contributed by atoms with van der Waals surface area (Å²) in [4.78, 5) is 4.33. The normalized spacial score (nSPS) is 25.0. The summed E-state index contributed by atoms with van der Waals surface area (Å²) >= 11 is 0. The predicted octanol–water partition coefficient (Wildman–Crippen LogP) is 2.48. The highest BCUT2D eigenvalue weighted by Gasteiger charge is 2.41. The summed E-state index contributed by atoms with van der Waals surface area (Å²) in [5, 5.41) is 15.3. The average molecular weight is 306 g/mol. The number of fused-ring (bicyclic) bond motifs is 4. The fourth-order valence-electron chi connectivity index (χ4n) is 4.37. The number of aromatic nitrogens is 4. The van der Waals surface area contributed by atoms with Crippen LogP contribution in [0.2, 0.25) is 0 Å². The number of hydrogen-bond donors (Lipinski definition) is 1. The monoisotopic (exact) mass is 306 g/mol. The van der Waals surface area contributed by atoms with Crippen LogP contribution in [0, 0.1) is 5.92 Å². The van der Waals surface area contributed by atoms with Gasteiger partial charge in [-0.25, -0.2) is 4.98 Å². The Balaban J connectivity index is 1.63. The standard InChI is InChI=1S/C18H18N4O/c1-21-15-7-6-13(18(23)14(15)8-20-21)17-12-5-3-2-4-11(12)16-9-19-10-22(16)17/h2-5,8-10,13,17-18,23H,6-7H2,1H3/t13-,17?,18+/m0/s1. The Bertz CT molecular complexity index is 894. The smallest absolute Gasteiger partial charge is 0.0956 e. The Morgan fingerprint density at radius 1 is 1.17 bits per heavy atom. The highest BCUT2D eigenvalue weighted by Crippen LogP contribution is 2.49. The molecule has 0 bridgehead atoms. The Morgan fingerprint density at radius 3 is 2.96 bits per heavy atom. The Kier molecular flexibility index (Phi) is 2.59. The van der Waals surface area contributed by atoms with E-state index in [9.17, 15) is 5.11 Å². The molecule has 0 spiro atoms. The van der Waals surface area contributed by atoms with Crippen molar-refractivity contribution < 1.29 is 5.11 Å². The minimum Gasteiger partial charge on any atom is -0.388 e. The van der Waals surface area contributed by atoms with Crippen molar-refractivity contribution in [1.82, 2.24) is 19.3 Å². The summed E-state index contributed by atoms with van der Waals surface area (Å²) in [6.45, 7) is 0.